The molecule has 0 radical (unpaired) electrons. The van der Waals surface area contributed by atoms with Crippen molar-refractivity contribution >= 4 is 11.7 Å². The van der Waals surface area contributed by atoms with E-state index in [4.69, 9.17) is 0 Å². The third kappa shape index (κ3) is 3.51. The first kappa shape index (κ1) is 20.2. The molecule has 0 spiro atoms. The van der Waals surface area contributed by atoms with Gasteiger partial charge in [-0.1, -0.05) is 30.3 Å². The predicted molar refractivity (Wildman–Crippen MR) is 127 cm³/mol. The molecule has 2 heterocycles. The number of anilines is 1. The molecule has 4 unspecified atom stereocenters. The molecule has 1 aromatic heterocycles. The molecule has 1 saturated heterocycles. The molecule has 4 aliphatic carbocycles. The van der Waals surface area contributed by atoms with Crippen molar-refractivity contribution in [1.82, 2.24) is 15.6 Å². The Kier molecular flexibility index (Phi) is 4.98. The molecule has 3 N–H and O–H groups in total. The number of aromatic nitrogens is 1. The van der Waals surface area contributed by atoms with Gasteiger partial charge in [0, 0.05) is 18.8 Å². The van der Waals surface area contributed by atoms with Gasteiger partial charge in [-0.15, -0.1) is 0 Å². The topological polar surface area (TPSA) is 66.1 Å². The molecule has 2 aromatic rings. The summed E-state index contributed by atoms with van der Waals surface area (Å²) in [4.78, 5) is 17.1. The summed E-state index contributed by atoms with van der Waals surface area (Å²) in [7, 11) is 0. The number of carbonyl (C=O) groups is 1. The minimum atomic E-state index is -0.00826. The first-order chi connectivity index (χ1) is 15.6. The first-order valence-electron chi connectivity index (χ1n) is 12.4. The normalized spacial score (nSPS) is 33.4. The number of piperidine rings is 1. The minimum absolute atomic E-state index is 0.00826. The zero-order valence-corrected chi connectivity index (χ0v) is 18.8. The molecule has 5 heteroatoms. The fourth-order valence-electron chi connectivity index (χ4n) is 7.62. The van der Waals surface area contributed by atoms with Crippen LogP contribution in [0.3, 0.4) is 0 Å². The lowest BCUT2D eigenvalue weighted by atomic mass is 9.64. The van der Waals surface area contributed by atoms with Crippen LogP contribution in [0, 0.1) is 17.3 Å². The molecular formula is C27H34N4O. The van der Waals surface area contributed by atoms with Gasteiger partial charge >= 0.3 is 0 Å². The van der Waals surface area contributed by atoms with E-state index in [9.17, 15) is 4.79 Å². The van der Waals surface area contributed by atoms with E-state index in [0.717, 1.165) is 50.1 Å². The molecule has 1 amide bonds. The lowest BCUT2D eigenvalue weighted by Gasteiger charge is -2.41. The molecule has 1 aromatic carbocycles. The van der Waals surface area contributed by atoms with Crippen molar-refractivity contribution in [3.8, 4) is 0 Å². The average molecular weight is 431 g/mol. The van der Waals surface area contributed by atoms with E-state index in [1.54, 1.807) is 11.8 Å². The molecule has 1 aliphatic heterocycles. The summed E-state index contributed by atoms with van der Waals surface area (Å²) in [6, 6.07) is 15.4. The monoisotopic (exact) mass is 430 g/mol. The Hall–Kier alpha value is -2.40. The van der Waals surface area contributed by atoms with Gasteiger partial charge in [0.05, 0.1) is 5.56 Å². The molecular weight excluding hydrogens is 396 g/mol. The van der Waals surface area contributed by atoms with Crippen molar-refractivity contribution in [2.24, 2.45) is 17.3 Å². The summed E-state index contributed by atoms with van der Waals surface area (Å²) in [5.74, 6) is 2.58. The Balaban J connectivity index is 1.11. The van der Waals surface area contributed by atoms with Crippen LogP contribution in [0.4, 0.5) is 5.82 Å². The lowest BCUT2D eigenvalue weighted by Crippen LogP contribution is -2.42. The van der Waals surface area contributed by atoms with Crippen molar-refractivity contribution < 1.29 is 4.79 Å². The highest BCUT2D eigenvalue weighted by molar-refractivity contribution is 5.94. The zero-order valence-electron chi connectivity index (χ0n) is 18.8. The Labute approximate surface area is 190 Å². The van der Waals surface area contributed by atoms with Crippen LogP contribution in [0.2, 0.25) is 0 Å². The van der Waals surface area contributed by atoms with Crippen LogP contribution in [0.15, 0.2) is 48.7 Å². The third-order valence-electron chi connectivity index (χ3n) is 8.89. The predicted octanol–water partition coefficient (Wildman–Crippen LogP) is 4.12. The molecule has 32 heavy (non-hydrogen) atoms. The summed E-state index contributed by atoms with van der Waals surface area (Å²) >= 11 is 0. The molecule has 4 atom stereocenters. The first-order valence-corrected chi connectivity index (χ1v) is 12.4. The fourth-order valence-corrected chi connectivity index (χ4v) is 7.62. The van der Waals surface area contributed by atoms with Gasteiger partial charge in [0.1, 0.15) is 5.82 Å². The fraction of sp³-hybridized carbons (Fsp3) is 0.556. The quantitative estimate of drug-likeness (QED) is 0.645. The van der Waals surface area contributed by atoms with Crippen LogP contribution in [-0.4, -0.2) is 36.6 Å². The van der Waals surface area contributed by atoms with Gasteiger partial charge in [-0.05, 0) is 98.4 Å². The van der Waals surface area contributed by atoms with E-state index < -0.39 is 0 Å². The van der Waals surface area contributed by atoms with Gasteiger partial charge in [-0.25, -0.2) is 4.98 Å². The zero-order chi connectivity index (χ0) is 21.6. The summed E-state index contributed by atoms with van der Waals surface area (Å²) in [5, 5.41) is 10.1. The molecule has 4 saturated carbocycles. The van der Waals surface area contributed by atoms with E-state index >= 15 is 0 Å². The van der Waals surface area contributed by atoms with Gasteiger partial charge in [-0.2, -0.15) is 0 Å². The van der Waals surface area contributed by atoms with E-state index in [2.05, 4.69) is 51.3 Å². The summed E-state index contributed by atoms with van der Waals surface area (Å²) in [5.41, 5.74) is 2.99. The van der Waals surface area contributed by atoms with Crippen molar-refractivity contribution in [3.05, 3.63) is 59.8 Å². The maximum atomic E-state index is 12.6. The third-order valence-corrected chi connectivity index (χ3v) is 8.89. The molecule has 5 aliphatic rings. The van der Waals surface area contributed by atoms with E-state index in [0.29, 0.717) is 16.4 Å². The number of nitrogens with one attached hydrogen (secondary N) is 3. The Morgan fingerprint density at radius 1 is 1.06 bits per heavy atom. The van der Waals surface area contributed by atoms with E-state index in [-0.39, 0.29) is 11.9 Å². The van der Waals surface area contributed by atoms with Crippen molar-refractivity contribution in [2.45, 2.75) is 56.4 Å². The van der Waals surface area contributed by atoms with Crippen molar-refractivity contribution in [2.75, 3.05) is 25.0 Å². The van der Waals surface area contributed by atoms with Crippen molar-refractivity contribution in [3.63, 3.8) is 0 Å². The Morgan fingerprint density at radius 3 is 2.69 bits per heavy atom. The standard InChI is InChI=1S/C27H34N4O/c32-25(31-23-8-10-28-11-9-23)20-6-7-24(29-16-20)30-18-27-14-19-12-22(27)15-26(13-19,17-27)21-4-2-1-3-5-21/h1-7,16,19,22-23,28H,8-15,17-18H2,(H,29,30)(H,31,32). The summed E-state index contributed by atoms with van der Waals surface area (Å²) < 4.78 is 0. The second-order valence-electron chi connectivity index (χ2n) is 10.9. The second kappa shape index (κ2) is 7.87. The summed E-state index contributed by atoms with van der Waals surface area (Å²) in [6.07, 6.45) is 10.5. The van der Waals surface area contributed by atoms with Gasteiger partial charge in [0.2, 0.25) is 0 Å². The number of hydrogen-bond donors (Lipinski definition) is 3. The number of hydrogen-bond acceptors (Lipinski definition) is 4. The molecule has 7 rings (SSSR count). The molecule has 5 nitrogen and oxygen atoms in total. The van der Waals surface area contributed by atoms with Crippen LogP contribution in [0.1, 0.15) is 60.9 Å². The SMILES string of the molecule is O=C(NC1CCNCC1)c1ccc(NCC23CC4CC2CC(c2ccccc2)(C4)C3)nc1. The highest BCUT2D eigenvalue weighted by atomic mass is 16.1. The van der Waals surface area contributed by atoms with E-state index in [1.165, 1.54) is 32.1 Å². The van der Waals surface area contributed by atoms with Gasteiger partial charge in [0.15, 0.2) is 0 Å². The second-order valence-corrected chi connectivity index (χ2v) is 10.9. The number of carbonyl (C=O) groups excluding carboxylic acids is 1. The van der Waals surface area contributed by atoms with Crippen LogP contribution in [-0.2, 0) is 5.41 Å². The maximum absolute atomic E-state index is 12.6. The van der Waals surface area contributed by atoms with Gasteiger partial charge in [-0.3, -0.25) is 4.79 Å². The number of rotatable bonds is 6. The van der Waals surface area contributed by atoms with Gasteiger partial charge < -0.3 is 16.0 Å². The molecule has 5 fully saturated rings. The van der Waals surface area contributed by atoms with Gasteiger partial charge in [0.25, 0.3) is 5.91 Å². The average Bonchev–Trinajstić information content (AvgIpc) is 3.21. The summed E-state index contributed by atoms with van der Waals surface area (Å²) in [6.45, 7) is 2.94. The van der Waals surface area contributed by atoms with Crippen LogP contribution < -0.4 is 16.0 Å². The van der Waals surface area contributed by atoms with Crippen molar-refractivity contribution in [1.29, 1.82) is 0 Å². The lowest BCUT2D eigenvalue weighted by molar-refractivity contribution is 0.0929. The molecule has 4 bridgehead atoms. The minimum Gasteiger partial charge on any atom is -0.370 e. The number of nitrogens with zero attached hydrogens (tertiary/aromatic N) is 1. The maximum Gasteiger partial charge on any atom is 0.253 e. The highest BCUT2D eigenvalue weighted by Crippen LogP contribution is 2.70. The Bertz CT molecular complexity index is 971. The number of amides is 1. The van der Waals surface area contributed by atoms with Crippen LogP contribution >= 0.6 is 0 Å². The smallest absolute Gasteiger partial charge is 0.253 e. The van der Waals surface area contributed by atoms with Crippen LogP contribution in [0.5, 0.6) is 0 Å². The number of pyridine rings is 1. The largest absolute Gasteiger partial charge is 0.370 e. The number of benzene rings is 1. The van der Waals surface area contributed by atoms with E-state index in [1.807, 2.05) is 12.1 Å². The molecule has 168 valence electrons. The highest BCUT2D eigenvalue weighted by Gasteiger charge is 2.63. The van der Waals surface area contributed by atoms with Crippen LogP contribution in [0.25, 0.3) is 0 Å². The Morgan fingerprint density at radius 2 is 1.91 bits per heavy atom.